The number of amides is 1. The van der Waals surface area contributed by atoms with Crippen LogP contribution in [0.3, 0.4) is 0 Å². The van der Waals surface area contributed by atoms with Gasteiger partial charge in [0.05, 0.1) is 10.9 Å². The zero-order valence-corrected chi connectivity index (χ0v) is 13.4. The Morgan fingerprint density at radius 1 is 1.00 bits per heavy atom. The number of anilines is 1. The number of carbonyl (C=O) groups excluding carboxylic acids is 1. The first-order valence-electron chi connectivity index (χ1n) is 7.50. The van der Waals surface area contributed by atoms with E-state index in [4.69, 9.17) is 4.42 Å². The lowest BCUT2D eigenvalue weighted by molar-refractivity contribution is 0.0988. The molecule has 0 spiro atoms. The van der Waals surface area contributed by atoms with Crippen molar-refractivity contribution >= 4 is 22.6 Å². The molecule has 25 heavy (non-hydrogen) atoms. The molecule has 130 valence electrons. The lowest BCUT2D eigenvalue weighted by Gasteiger charge is -2.21. The van der Waals surface area contributed by atoms with Crippen LogP contribution in [-0.2, 0) is 0 Å². The van der Waals surface area contributed by atoms with Crippen LogP contribution in [0.5, 0.6) is 0 Å². The molecule has 0 bridgehead atoms. The molecule has 0 saturated carbocycles. The largest absolute Gasteiger partial charge is 0.457 e. The van der Waals surface area contributed by atoms with Crippen molar-refractivity contribution in [3.8, 4) is 0 Å². The molecule has 0 atom stereocenters. The quantitative estimate of drug-likeness (QED) is 0.379. The number of para-hydroxylation sites is 1. The van der Waals surface area contributed by atoms with Gasteiger partial charge in [-0.2, -0.15) is 4.39 Å². The van der Waals surface area contributed by atoms with Gasteiger partial charge in [0, 0.05) is 12.2 Å². The van der Waals surface area contributed by atoms with E-state index in [1.807, 2.05) is 0 Å². The summed E-state index contributed by atoms with van der Waals surface area (Å²) >= 11 is 0. The molecular weight excluding hydrogens is 338 g/mol. The Hall–Kier alpha value is -2.83. The molecular formula is C18H13F4NO2. The summed E-state index contributed by atoms with van der Waals surface area (Å²) in [6.07, 6.45) is 0. The standard InChI is InChI=1S/C18H13F4NO2/c1-3-23(10-7-5-4-6-8-10)18(24)11-9(2)25-17-12(11)13(19)14(20)15(21)16(17)22/h4-8H,3H2,1-2H3. The number of rotatable bonds is 3. The number of nitrogens with zero attached hydrogens (tertiary/aromatic N) is 1. The average molecular weight is 351 g/mol. The van der Waals surface area contributed by atoms with Crippen molar-refractivity contribution in [3.05, 3.63) is 64.9 Å². The van der Waals surface area contributed by atoms with Crippen molar-refractivity contribution in [3.63, 3.8) is 0 Å². The number of hydrogen-bond acceptors (Lipinski definition) is 2. The molecule has 3 rings (SSSR count). The summed E-state index contributed by atoms with van der Waals surface area (Å²) in [5.74, 6) is -8.11. The third-order valence-electron chi connectivity index (χ3n) is 3.92. The first kappa shape index (κ1) is 17.0. The van der Waals surface area contributed by atoms with Gasteiger partial charge < -0.3 is 9.32 Å². The Labute approximate surface area is 140 Å². The lowest BCUT2D eigenvalue weighted by atomic mass is 10.1. The molecule has 1 amide bonds. The second-order valence-corrected chi connectivity index (χ2v) is 5.38. The minimum atomic E-state index is -1.98. The van der Waals surface area contributed by atoms with Gasteiger partial charge in [-0.3, -0.25) is 4.79 Å². The van der Waals surface area contributed by atoms with E-state index < -0.39 is 40.1 Å². The van der Waals surface area contributed by atoms with Gasteiger partial charge in [-0.1, -0.05) is 18.2 Å². The van der Waals surface area contributed by atoms with Crippen molar-refractivity contribution in [2.75, 3.05) is 11.4 Å². The van der Waals surface area contributed by atoms with Crippen molar-refractivity contribution in [1.29, 1.82) is 0 Å². The molecule has 0 fully saturated rings. The molecule has 0 N–H and O–H groups in total. The number of aryl methyl sites for hydroxylation is 1. The molecule has 0 aliphatic heterocycles. The van der Waals surface area contributed by atoms with Crippen LogP contribution in [0, 0.1) is 30.2 Å². The molecule has 1 aromatic heterocycles. The summed E-state index contributed by atoms with van der Waals surface area (Å²) in [7, 11) is 0. The van der Waals surface area contributed by atoms with Crippen LogP contribution in [0.4, 0.5) is 23.2 Å². The Kier molecular flexibility index (Phi) is 4.24. The number of halogens is 4. The normalized spacial score (nSPS) is 11.1. The molecule has 7 heteroatoms. The predicted octanol–water partition coefficient (Wildman–Crippen LogP) is 4.96. The second kappa shape index (κ2) is 6.23. The highest BCUT2D eigenvalue weighted by atomic mass is 19.2. The van der Waals surface area contributed by atoms with Gasteiger partial charge in [0.2, 0.25) is 11.6 Å². The number of fused-ring (bicyclic) bond motifs is 1. The zero-order valence-electron chi connectivity index (χ0n) is 13.4. The molecule has 0 unspecified atom stereocenters. The topological polar surface area (TPSA) is 33.5 Å². The Bertz CT molecular complexity index is 967. The van der Waals surface area contributed by atoms with E-state index in [-0.39, 0.29) is 17.9 Å². The minimum Gasteiger partial charge on any atom is -0.457 e. The van der Waals surface area contributed by atoms with Gasteiger partial charge in [0.25, 0.3) is 5.91 Å². The van der Waals surface area contributed by atoms with E-state index in [1.54, 1.807) is 37.3 Å². The van der Waals surface area contributed by atoms with Gasteiger partial charge in [-0.15, -0.1) is 0 Å². The summed E-state index contributed by atoms with van der Waals surface area (Å²) in [6, 6.07) is 8.50. The smallest absolute Gasteiger partial charge is 0.262 e. The molecule has 0 aliphatic carbocycles. The van der Waals surface area contributed by atoms with Crippen molar-refractivity contribution in [1.82, 2.24) is 0 Å². The molecule has 0 aliphatic rings. The third kappa shape index (κ3) is 2.56. The van der Waals surface area contributed by atoms with E-state index in [9.17, 15) is 22.4 Å². The van der Waals surface area contributed by atoms with Gasteiger partial charge in [-0.25, -0.2) is 13.2 Å². The number of benzene rings is 2. The predicted molar refractivity (Wildman–Crippen MR) is 84.6 cm³/mol. The highest BCUT2D eigenvalue weighted by molar-refractivity contribution is 6.14. The molecule has 0 radical (unpaired) electrons. The number of furan rings is 1. The van der Waals surface area contributed by atoms with E-state index in [0.29, 0.717) is 5.69 Å². The van der Waals surface area contributed by atoms with Gasteiger partial charge in [0.1, 0.15) is 5.76 Å². The molecule has 2 aromatic carbocycles. The fourth-order valence-corrected chi connectivity index (χ4v) is 2.75. The summed E-state index contributed by atoms with van der Waals surface area (Å²) in [4.78, 5) is 14.2. The SMILES string of the molecule is CCN(C(=O)c1c(C)oc2c(F)c(F)c(F)c(F)c12)c1ccccc1. The first-order valence-corrected chi connectivity index (χ1v) is 7.50. The maximum atomic E-state index is 14.2. The highest BCUT2D eigenvalue weighted by Gasteiger charge is 2.31. The fraction of sp³-hybridized carbons (Fsp3) is 0.167. The Morgan fingerprint density at radius 3 is 2.20 bits per heavy atom. The van der Waals surface area contributed by atoms with E-state index in [1.165, 1.54) is 11.8 Å². The summed E-state index contributed by atoms with van der Waals surface area (Å²) < 4.78 is 60.2. The minimum absolute atomic E-state index is 0.128. The van der Waals surface area contributed by atoms with Crippen molar-refractivity contribution < 1.29 is 26.8 Å². The Balaban J connectivity index is 2.25. The van der Waals surface area contributed by atoms with Crippen LogP contribution in [0.2, 0.25) is 0 Å². The van der Waals surface area contributed by atoms with Gasteiger partial charge >= 0.3 is 0 Å². The van der Waals surface area contributed by atoms with Crippen LogP contribution in [0.15, 0.2) is 34.7 Å². The van der Waals surface area contributed by atoms with Gasteiger partial charge in [0.15, 0.2) is 17.2 Å². The molecule has 0 saturated heterocycles. The lowest BCUT2D eigenvalue weighted by Crippen LogP contribution is -2.31. The summed E-state index contributed by atoms with van der Waals surface area (Å²) in [5, 5.41) is -0.701. The zero-order chi connectivity index (χ0) is 18.3. The van der Waals surface area contributed by atoms with Crippen LogP contribution in [0.1, 0.15) is 23.0 Å². The maximum Gasteiger partial charge on any atom is 0.262 e. The molecule has 1 heterocycles. The van der Waals surface area contributed by atoms with E-state index >= 15 is 0 Å². The highest BCUT2D eigenvalue weighted by Crippen LogP contribution is 2.34. The molecule has 3 nitrogen and oxygen atoms in total. The first-order chi connectivity index (χ1) is 11.9. The van der Waals surface area contributed by atoms with Crippen LogP contribution in [0.25, 0.3) is 11.0 Å². The van der Waals surface area contributed by atoms with Gasteiger partial charge in [-0.05, 0) is 26.0 Å². The van der Waals surface area contributed by atoms with E-state index in [0.717, 1.165) is 0 Å². The monoisotopic (exact) mass is 351 g/mol. The van der Waals surface area contributed by atoms with Crippen LogP contribution >= 0.6 is 0 Å². The average Bonchev–Trinajstić information content (AvgIpc) is 2.97. The number of carbonyl (C=O) groups is 1. The van der Waals surface area contributed by atoms with Crippen molar-refractivity contribution in [2.45, 2.75) is 13.8 Å². The van der Waals surface area contributed by atoms with Crippen LogP contribution in [-0.4, -0.2) is 12.5 Å². The summed E-state index contributed by atoms with van der Waals surface area (Å²) in [6.45, 7) is 3.23. The van der Waals surface area contributed by atoms with Crippen LogP contribution < -0.4 is 4.90 Å². The molecule has 3 aromatic rings. The third-order valence-corrected chi connectivity index (χ3v) is 3.92. The Morgan fingerprint density at radius 2 is 1.60 bits per heavy atom. The maximum absolute atomic E-state index is 14.2. The number of hydrogen-bond donors (Lipinski definition) is 0. The fourth-order valence-electron chi connectivity index (χ4n) is 2.75. The van der Waals surface area contributed by atoms with Crippen molar-refractivity contribution in [2.24, 2.45) is 0 Å². The summed E-state index contributed by atoms with van der Waals surface area (Å²) in [5.41, 5.74) is -0.635. The van der Waals surface area contributed by atoms with E-state index in [2.05, 4.69) is 0 Å². The second-order valence-electron chi connectivity index (χ2n) is 5.38.